The van der Waals surface area contributed by atoms with Crippen LogP contribution >= 0.6 is 12.4 Å². The van der Waals surface area contributed by atoms with Crippen molar-refractivity contribution in [3.8, 4) is 0 Å². The van der Waals surface area contributed by atoms with Crippen molar-refractivity contribution < 1.29 is 4.79 Å². The third-order valence-corrected chi connectivity index (χ3v) is 4.03. The number of carbonyl (C=O) groups is 1. The van der Waals surface area contributed by atoms with Gasteiger partial charge in [0.2, 0.25) is 5.91 Å². The Hall–Kier alpha value is -0.280. The van der Waals surface area contributed by atoms with E-state index >= 15 is 0 Å². The molecule has 1 amide bonds. The highest BCUT2D eigenvalue weighted by atomic mass is 35.5. The molecule has 0 bridgehead atoms. The van der Waals surface area contributed by atoms with Gasteiger partial charge in [0, 0.05) is 12.6 Å². The Morgan fingerprint density at radius 2 is 2.06 bits per heavy atom. The predicted octanol–water partition coefficient (Wildman–Crippen LogP) is 1.94. The van der Waals surface area contributed by atoms with Crippen molar-refractivity contribution in [1.29, 1.82) is 0 Å². The Bertz CT molecular complexity index is 243. The molecule has 3 nitrogen and oxygen atoms in total. The summed E-state index contributed by atoms with van der Waals surface area (Å²) in [5.41, 5.74) is 5.83. The quantitative estimate of drug-likeness (QED) is 0.827. The maximum atomic E-state index is 12.0. The van der Waals surface area contributed by atoms with E-state index in [4.69, 9.17) is 5.73 Å². The fourth-order valence-corrected chi connectivity index (χ4v) is 2.77. The minimum Gasteiger partial charge on any atom is -0.338 e. The van der Waals surface area contributed by atoms with Crippen LogP contribution in [0.5, 0.6) is 0 Å². The largest absolute Gasteiger partial charge is 0.338 e. The number of hydrogen-bond donors (Lipinski definition) is 1. The van der Waals surface area contributed by atoms with Crippen LogP contribution in [0, 0.1) is 5.92 Å². The van der Waals surface area contributed by atoms with E-state index in [0.29, 0.717) is 6.04 Å². The molecule has 1 aliphatic carbocycles. The zero-order chi connectivity index (χ0) is 10.8. The Balaban J connectivity index is 0.00000128. The Morgan fingerprint density at radius 1 is 1.38 bits per heavy atom. The first-order valence-corrected chi connectivity index (χ1v) is 6.30. The van der Waals surface area contributed by atoms with Crippen molar-refractivity contribution in [1.82, 2.24) is 4.90 Å². The Morgan fingerprint density at radius 3 is 2.56 bits per heavy atom. The fourth-order valence-electron chi connectivity index (χ4n) is 2.77. The van der Waals surface area contributed by atoms with Gasteiger partial charge in [0.25, 0.3) is 0 Å². The number of carbonyl (C=O) groups excluding carboxylic acids is 1. The minimum atomic E-state index is -0.273. The van der Waals surface area contributed by atoms with Crippen molar-refractivity contribution in [2.45, 2.75) is 57.5 Å². The molecule has 1 unspecified atom stereocenters. The van der Waals surface area contributed by atoms with Crippen molar-refractivity contribution in [2.75, 3.05) is 6.54 Å². The summed E-state index contributed by atoms with van der Waals surface area (Å²) in [7, 11) is 0. The van der Waals surface area contributed by atoms with Crippen molar-refractivity contribution in [2.24, 2.45) is 11.7 Å². The fraction of sp³-hybridized carbons (Fsp3) is 0.917. The van der Waals surface area contributed by atoms with E-state index < -0.39 is 0 Å². The first-order valence-electron chi connectivity index (χ1n) is 6.30. The SMILES string of the molecule is CC[C@H](N)C(=O)N1CCCC1C1CCC1.Cl. The molecule has 2 fully saturated rings. The molecule has 94 valence electrons. The third kappa shape index (κ3) is 2.51. The number of nitrogens with zero attached hydrogens (tertiary/aromatic N) is 1. The average molecular weight is 247 g/mol. The molecule has 0 spiro atoms. The average Bonchev–Trinajstić information content (AvgIpc) is 2.61. The zero-order valence-electron chi connectivity index (χ0n) is 10.0. The lowest BCUT2D eigenvalue weighted by Crippen LogP contribution is -2.49. The summed E-state index contributed by atoms with van der Waals surface area (Å²) in [4.78, 5) is 14.1. The summed E-state index contributed by atoms with van der Waals surface area (Å²) in [5, 5.41) is 0. The van der Waals surface area contributed by atoms with Gasteiger partial charge >= 0.3 is 0 Å². The molecule has 0 aromatic carbocycles. The second-order valence-electron chi connectivity index (χ2n) is 4.95. The second-order valence-corrected chi connectivity index (χ2v) is 4.95. The molecular weight excluding hydrogens is 224 g/mol. The van der Waals surface area contributed by atoms with Crippen LogP contribution in [-0.2, 0) is 4.79 Å². The number of amides is 1. The van der Waals surface area contributed by atoms with Gasteiger partial charge < -0.3 is 10.6 Å². The summed E-state index contributed by atoms with van der Waals surface area (Å²) >= 11 is 0. The van der Waals surface area contributed by atoms with Gasteiger partial charge in [0.15, 0.2) is 0 Å². The number of nitrogens with two attached hydrogens (primary N) is 1. The number of rotatable bonds is 3. The van der Waals surface area contributed by atoms with Crippen LogP contribution in [-0.4, -0.2) is 29.4 Å². The summed E-state index contributed by atoms with van der Waals surface area (Å²) in [6.07, 6.45) is 7.11. The van der Waals surface area contributed by atoms with E-state index in [1.165, 1.54) is 32.1 Å². The van der Waals surface area contributed by atoms with Crippen molar-refractivity contribution in [3.05, 3.63) is 0 Å². The summed E-state index contributed by atoms with van der Waals surface area (Å²) < 4.78 is 0. The summed E-state index contributed by atoms with van der Waals surface area (Å²) in [6, 6.07) is 0.245. The van der Waals surface area contributed by atoms with E-state index in [-0.39, 0.29) is 24.4 Å². The van der Waals surface area contributed by atoms with Crippen LogP contribution in [0.25, 0.3) is 0 Å². The van der Waals surface area contributed by atoms with Crippen LogP contribution in [0.15, 0.2) is 0 Å². The van der Waals surface area contributed by atoms with Crippen molar-refractivity contribution >= 4 is 18.3 Å². The van der Waals surface area contributed by atoms with Gasteiger partial charge in [-0.1, -0.05) is 13.3 Å². The molecule has 1 saturated heterocycles. The molecule has 0 aromatic heterocycles. The maximum Gasteiger partial charge on any atom is 0.239 e. The topological polar surface area (TPSA) is 46.3 Å². The highest BCUT2D eigenvalue weighted by molar-refractivity contribution is 5.85. The summed E-state index contributed by atoms with van der Waals surface area (Å²) in [5.74, 6) is 0.965. The molecule has 1 saturated carbocycles. The monoisotopic (exact) mass is 246 g/mol. The second kappa shape index (κ2) is 5.87. The standard InChI is InChI=1S/C12H22N2O.ClH/c1-2-10(13)12(15)14-8-4-7-11(14)9-5-3-6-9;/h9-11H,2-8,13H2,1H3;1H/t10-,11?;/m0./s1. The Labute approximate surface area is 104 Å². The van der Waals surface area contributed by atoms with E-state index in [1.54, 1.807) is 0 Å². The van der Waals surface area contributed by atoms with Crippen LogP contribution < -0.4 is 5.73 Å². The molecule has 0 aromatic rings. The molecule has 1 heterocycles. The molecule has 1 aliphatic heterocycles. The minimum absolute atomic E-state index is 0. The van der Waals surface area contributed by atoms with Gasteiger partial charge in [0.1, 0.15) is 0 Å². The molecule has 2 rings (SSSR count). The first kappa shape index (κ1) is 13.8. The van der Waals surface area contributed by atoms with E-state index in [9.17, 15) is 4.79 Å². The first-order chi connectivity index (χ1) is 7.24. The van der Waals surface area contributed by atoms with Crippen molar-refractivity contribution in [3.63, 3.8) is 0 Å². The summed E-state index contributed by atoms with van der Waals surface area (Å²) in [6.45, 7) is 2.92. The molecule has 2 atom stereocenters. The van der Waals surface area contributed by atoms with Gasteiger partial charge in [-0.3, -0.25) is 4.79 Å². The van der Waals surface area contributed by atoms with Gasteiger partial charge in [-0.15, -0.1) is 12.4 Å². The van der Waals surface area contributed by atoms with Crippen LogP contribution in [0.3, 0.4) is 0 Å². The molecule has 0 radical (unpaired) electrons. The van der Waals surface area contributed by atoms with Gasteiger partial charge in [-0.05, 0) is 38.0 Å². The number of halogens is 1. The van der Waals surface area contributed by atoms with Crippen LogP contribution in [0.2, 0.25) is 0 Å². The number of hydrogen-bond acceptors (Lipinski definition) is 2. The predicted molar refractivity (Wildman–Crippen MR) is 67.6 cm³/mol. The van der Waals surface area contributed by atoms with Crippen LogP contribution in [0.1, 0.15) is 45.4 Å². The van der Waals surface area contributed by atoms with E-state index in [2.05, 4.69) is 4.90 Å². The number of likely N-dealkylation sites (tertiary alicyclic amines) is 1. The van der Waals surface area contributed by atoms with Crippen LogP contribution in [0.4, 0.5) is 0 Å². The maximum absolute atomic E-state index is 12.0. The lowest BCUT2D eigenvalue weighted by atomic mass is 9.78. The smallest absolute Gasteiger partial charge is 0.239 e. The highest BCUT2D eigenvalue weighted by Gasteiger charge is 2.38. The lowest BCUT2D eigenvalue weighted by molar-refractivity contribution is -0.135. The van der Waals surface area contributed by atoms with Gasteiger partial charge in [-0.2, -0.15) is 0 Å². The molecular formula is C12H23ClN2O. The molecule has 16 heavy (non-hydrogen) atoms. The normalized spacial score (nSPS) is 27.1. The Kier molecular flexibility index (Phi) is 5.06. The van der Waals surface area contributed by atoms with Gasteiger partial charge in [0.05, 0.1) is 6.04 Å². The van der Waals surface area contributed by atoms with Gasteiger partial charge in [-0.25, -0.2) is 0 Å². The molecule has 4 heteroatoms. The lowest BCUT2D eigenvalue weighted by Gasteiger charge is -2.37. The molecule has 2 aliphatic rings. The zero-order valence-corrected chi connectivity index (χ0v) is 10.8. The highest BCUT2D eigenvalue weighted by Crippen LogP contribution is 2.37. The van der Waals surface area contributed by atoms with E-state index in [1.807, 2.05) is 6.92 Å². The van der Waals surface area contributed by atoms with E-state index in [0.717, 1.165) is 18.9 Å². The third-order valence-electron chi connectivity index (χ3n) is 4.03. The molecule has 2 N–H and O–H groups in total.